The summed E-state index contributed by atoms with van der Waals surface area (Å²) in [6, 6.07) is 18.4. The number of aromatic amines is 1. The molecule has 0 aliphatic carbocycles. The van der Waals surface area contributed by atoms with Gasteiger partial charge < -0.3 is 10.3 Å². The molecule has 1 aliphatic rings. The maximum Gasteiger partial charge on any atom is 0.267 e. The zero-order chi connectivity index (χ0) is 17.1. The highest BCUT2D eigenvalue weighted by molar-refractivity contribution is 5.97. The van der Waals surface area contributed by atoms with Gasteiger partial charge in [0.1, 0.15) is 5.69 Å². The largest absolute Gasteiger partial charge is 0.351 e. The molecule has 0 saturated carbocycles. The number of benzene rings is 2. The number of carbonyl (C=O) groups excluding carboxylic acids is 1. The van der Waals surface area contributed by atoms with E-state index in [0.29, 0.717) is 12.2 Å². The fraction of sp³-hybridized carbons (Fsp3) is 0.286. The van der Waals surface area contributed by atoms with Crippen LogP contribution in [0.5, 0.6) is 0 Å². The molecule has 1 aromatic heterocycles. The van der Waals surface area contributed by atoms with Gasteiger partial charge in [0.05, 0.1) is 0 Å². The van der Waals surface area contributed by atoms with E-state index in [1.54, 1.807) is 0 Å². The highest BCUT2D eigenvalue weighted by atomic mass is 16.1. The SMILES string of the molecule is O=C(NCc1ccc(CN2CCCC2)cc1)c1cc2ccccc2[nH]1. The van der Waals surface area contributed by atoms with Crippen LogP contribution < -0.4 is 5.32 Å². The summed E-state index contributed by atoms with van der Waals surface area (Å²) < 4.78 is 0. The predicted octanol–water partition coefficient (Wildman–Crippen LogP) is 3.69. The summed E-state index contributed by atoms with van der Waals surface area (Å²) in [6.07, 6.45) is 2.63. The monoisotopic (exact) mass is 333 g/mol. The minimum Gasteiger partial charge on any atom is -0.351 e. The first kappa shape index (κ1) is 15.9. The van der Waals surface area contributed by atoms with Crippen molar-refractivity contribution in [3.05, 3.63) is 71.4 Å². The van der Waals surface area contributed by atoms with Crippen LogP contribution in [0.15, 0.2) is 54.6 Å². The van der Waals surface area contributed by atoms with Gasteiger partial charge in [-0.15, -0.1) is 0 Å². The number of likely N-dealkylation sites (tertiary alicyclic amines) is 1. The molecule has 4 nitrogen and oxygen atoms in total. The number of fused-ring (bicyclic) bond motifs is 1. The van der Waals surface area contributed by atoms with Gasteiger partial charge in [0, 0.05) is 24.0 Å². The molecule has 4 rings (SSSR count). The van der Waals surface area contributed by atoms with Crippen molar-refractivity contribution in [3.63, 3.8) is 0 Å². The maximum atomic E-state index is 12.3. The Morgan fingerprint density at radius 1 is 1.00 bits per heavy atom. The number of aromatic nitrogens is 1. The Hall–Kier alpha value is -2.59. The number of hydrogen-bond donors (Lipinski definition) is 2. The summed E-state index contributed by atoms with van der Waals surface area (Å²) in [5, 5.41) is 4.04. The van der Waals surface area contributed by atoms with Gasteiger partial charge in [-0.05, 0) is 49.2 Å². The van der Waals surface area contributed by atoms with Crippen LogP contribution in [0.1, 0.15) is 34.5 Å². The molecule has 3 aromatic rings. The summed E-state index contributed by atoms with van der Waals surface area (Å²) >= 11 is 0. The molecule has 1 aliphatic heterocycles. The normalized spacial score (nSPS) is 14.9. The highest BCUT2D eigenvalue weighted by Crippen LogP contribution is 2.15. The quantitative estimate of drug-likeness (QED) is 0.748. The first-order valence-corrected chi connectivity index (χ1v) is 8.94. The molecular weight excluding hydrogens is 310 g/mol. The topological polar surface area (TPSA) is 48.1 Å². The van der Waals surface area contributed by atoms with Gasteiger partial charge in [0.15, 0.2) is 0 Å². The van der Waals surface area contributed by atoms with Crippen molar-refractivity contribution in [2.75, 3.05) is 13.1 Å². The van der Waals surface area contributed by atoms with Gasteiger partial charge in [-0.1, -0.05) is 42.5 Å². The lowest BCUT2D eigenvalue weighted by molar-refractivity contribution is 0.0947. The summed E-state index contributed by atoms with van der Waals surface area (Å²) in [6.45, 7) is 3.99. The molecule has 25 heavy (non-hydrogen) atoms. The lowest BCUT2D eigenvalue weighted by Crippen LogP contribution is -2.23. The average molecular weight is 333 g/mol. The third-order valence-electron chi connectivity index (χ3n) is 4.86. The molecule has 1 amide bonds. The number of hydrogen-bond acceptors (Lipinski definition) is 2. The van der Waals surface area contributed by atoms with Crippen LogP contribution in [0.2, 0.25) is 0 Å². The van der Waals surface area contributed by atoms with E-state index >= 15 is 0 Å². The molecule has 2 aromatic carbocycles. The Labute approximate surface area is 147 Å². The van der Waals surface area contributed by atoms with Crippen molar-refractivity contribution < 1.29 is 4.79 Å². The van der Waals surface area contributed by atoms with Gasteiger partial charge in [0.2, 0.25) is 0 Å². The number of H-pyrrole nitrogens is 1. The molecule has 2 N–H and O–H groups in total. The van der Waals surface area contributed by atoms with Crippen molar-refractivity contribution in [1.82, 2.24) is 15.2 Å². The number of amides is 1. The number of rotatable bonds is 5. The number of nitrogens with zero attached hydrogens (tertiary/aromatic N) is 1. The molecule has 0 spiro atoms. The highest BCUT2D eigenvalue weighted by Gasteiger charge is 2.12. The van der Waals surface area contributed by atoms with E-state index in [1.165, 1.54) is 31.5 Å². The van der Waals surface area contributed by atoms with Crippen LogP contribution in [0.4, 0.5) is 0 Å². The van der Waals surface area contributed by atoms with Gasteiger partial charge in [-0.3, -0.25) is 9.69 Å². The second-order valence-corrected chi connectivity index (χ2v) is 6.75. The molecule has 4 heteroatoms. The summed E-state index contributed by atoms with van der Waals surface area (Å²) in [7, 11) is 0. The first-order chi connectivity index (χ1) is 12.3. The van der Waals surface area contributed by atoms with Crippen LogP contribution >= 0.6 is 0 Å². The first-order valence-electron chi connectivity index (χ1n) is 8.94. The molecular formula is C21H23N3O. The van der Waals surface area contributed by atoms with Crippen LogP contribution in [0, 0.1) is 0 Å². The van der Waals surface area contributed by atoms with Gasteiger partial charge in [-0.2, -0.15) is 0 Å². The lowest BCUT2D eigenvalue weighted by Gasteiger charge is -2.14. The standard InChI is InChI=1S/C21H23N3O/c25-21(20-13-18-5-1-2-6-19(18)23-20)22-14-16-7-9-17(10-8-16)15-24-11-3-4-12-24/h1-2,5-10,13,23H,3-4,11-12,14-15H2,(H,22,25). The van der Waals surface area contributed by atoms with Crippen molar-refractivity contribution in [2.24, 2.45) is 0 Å². The van der Waals surface area contributed by atoms with Crippen molar-refractivity contribution >= 4 is 16.8 Å². The Morgan fingerprint density at radius 3 is 2.48 bits per heavy atom. The Bertz CT molecular complexity index is 827. The van der Waals surface area contributed by atoms with Crippen molar-refractivity contribution in [1.29, 1.82) is 0 Å². The lowest BCUT2D eigenvalue weighted by atomic mass is 10.1. The summed E-state index contributed by atoms with van der Waals surface area (Å²) in [5.74, 6) is -0.0719. The van der Waals surface area contributed by atoms with Gasteiger partial charge in [-0.25, -0.2) is 0 Å². The smallest absolute Gasteiger partial charge is 0.267 e. The molecule has 0 bridgehead atoms. The second kappa shape index (κ2) is 7.11. The molecule has 1 fully saturated rings. The zero-order valence-electron chi connectivity index (χ0n) is 14.3. The van der Waals surface area contributed by atoms with Crippen LogP contribution in [-0.2, 0) is 13.1 Å². The third-order valence-corrected chi connectivity index (χ3v) is 4.86. The van der Waals surface area contributed by atoms with E-state index in [9.17, 15) is 4.79 Å². The molecule has 0 atom stereocenters. The molecule has 0 unspecified atom stereocenters. The molecule has 128 valence electrons. The fourth-order valence-corrected chi connectivity index (χ4v) is 3.43. The van der Waals surface area contributed by atoms with Gasteiger partial charge in [0.25, 0.3) is 5.91 Å². The predicted molar refractivity (Wildman–Crippen MR) is 100 cm³/mol. The molecule has 0 radical (unpaired) electrons. The molecule has 1 saturated heterocycles. The number of para-hydroxylation sites is 1. The minimum atomic E-state index is -0.0719. The Kier molecular flexibility index (Phi) is 4.53. The van der Waals surface area contributed by atoms with Crippen molar-refractivity contribution in [2.45, 2.75) is 25.9 Å². The van der Waals surface area contributed by atoms with E-state index in [1.807, 2.05) is 30.3 Å². The van der Waals surface area contributed by atoms with E-state index in [2.05, 4.69) is 39.5 Å². The number of carbonyl (C=O) groups is 1. The van der Waals surface area contributed by atoms with E-state index in [-0.39, 0.29) is 5.91 Å². The average Bonchev–Trinajstić information content (AvgIpc) is 3.30. The minimum absolute atomic E-state index is 0.0719. The maximum absolute atomic E-state index is 12.3. The fourth-order valence-electron chi connectivity index (χ4n) is 3.43. The van der Waals surface area contributed by atoms with E-state index < -0.39 is 0 Å². The third kappa shape index (κ3) is 3.74. The van der Waals surface area contributed by atoms with Crippen LogP contribution in [-0.4, -0.2) is 28.9 Å². The molecule has 2 heterocycles. The second-order valence-electron chi connectivity index (χ2n) is 6.75. The zero-order valence-corrected chi connectivity index (χ0v) is 14.3. The number of nitrogens with one attached hydrogen (secondary N) is 2. The van der Waals surface area contributed by atoms with Gasteiger partial charge >= 0.3 is 0 Å². The Balaban J connectivity index is 1.34. The summed E-state index contributed by atoms with van der Waals surface area (Å²) in [4.78, 5) is 18.0. The Morgan fingerprint density at radius 2 is 1.72 bits per heavy atom. The van der Waals surface area contributed by atoms with E-state index in [4.69, 9.17) is 0 Å². The van der Waals surface area contributed by atoms with E-state index in [0.717, 1.165) is 23.0 Å². The van der Waals surface area contributed by atoms with Crippen LogP contribution in [0.3, 0.4) is 0 Å². The van der Waals surface area contributed by atoms with Crippen LogP contribution in [0.25, 0.3) is 10.9 Å². The van der Waals surface area contributed by atoms with Crippen molar-refractivity contribution in [3.8, 4) is 0 Å². The summed E-state index contributed by atoms with van der Waals surface area (Å²) in [5.41, 5.74) is 4.05.